The zero-order valence-corrected chi connectivity index (χ0v) is 48.6. The Morgan fingerprint density at radius 3 is 1.31 bits per heavy atom. The summed E-state index contributed by atoms with van der Waals surface area (Å²) in [5.74, 6) is -3.35. The van der Waals surface area contributed by atoms with Crippen LogP contribution in [0, 0.1) is 0 Å². The predicted molar refractivity (Wildman–Crippen MR) is 279 cm³/mol. The van der Waals surface area contributed by atoms with Crippen LogP contribution in [0.15, 0.2) is 0 Å². The second kappa shape index (κ2) is 33.2. The fraction of sp³-hybridized carbons (Fsp3) is 0.920. The zero-order chi connectivity index (χ0) is 66.2. The molecule has 0 aliphatic carbocycles. The largest absolute Gasteiger partial charge is 0.394 e. The Hall–Kier alpha value is -3.36. The monoisotopic (exact) mass is 1300 g/mol. The van der Waals surface area contributed by atoms with E-state index in [4.69, 9.17) is 56.8 Å². The van der Waals surface area contributed by atoms with E-state index < -0.39 is 278 Å². The van der Waals surface area contributed by atoms with Crippen LogP contribution in [0.1, 0.15) is 34.6 Å². The first-order valence-corrected chi connectivity index (χ1v) is 28.4. The first-order valence-electron chi connectivity index (χ1n) is 28.4. The maximum atomic E-state index is 12.8. The number of aliphatic hydroxyl groups excluding tert-OH is 19. The van der Waals surface area contributed by atoms with Gasteiger partial charge in [-0.25, -0.2) is 0 Å². The molecule has 0 unspecified atom stereocenters. The molecule has 6 heterocycles. The van der Waals surface area contributed by atoms with Crippen LogP contribution in [0.3, 0.4) is 0 Å². The van der Waals surface area contributed by atoms with Crippen molar-refractivity contribution in [3.63, 3.8) is 0 Å². The summed E-state index contributed by atoms with van der Waals surface area (Å²) < 4.78 is 69.9. The van der Waals surface area contributed by atoms with Gasteiger partial charge in [0.25, 0.3) is 0 Å². The zero-order valence-electron chi connectivity index (χ0n) is 48.6. The summed E-state index contributed by atoms with van der Waals surface area (Å²) >= 11 is 0. The highest BCUT2D eigenvalue weighted by molar-refractivity contribution is 5.74. The lowest BCUT2D eigenvalue weighted by molar-refractivity contribution is -0.393. The second-order valence-electron chi connectivity index (χ2n) is 22.3. The average Bonchev–Trinajstić information content (AvgIpc) is 1.64. The van der Waals surface area contributed by atoms with E-state index in [1.165, 1.54) is 6.92 Å². The van der Waals surface area contributed by atoms with Gasteiger partial charge in [0.15, 0.2) is 37.7 Å². The molecule has 89 heavy (non-hydrogen) atoms. The molecule has 6 aliphatic heterocycles. The van der Waals surface area contributed by atoms with Gasteiger partial charge in [0, 0.05) is 27.7 Å². The van der Waals surface area contributed by atoms with E-state index in [9.17, 15) is 116 Å². The summed E-state index contributed by atoms with van der Waals surface area (Å²) in [7, 11) is 0. The lowest BCUT2D eigenvalue weighted by Gasteiger charge is -2.51. The van der Waals surface area contributed by atoms with Crippen molar-refractivity contribution >= 4 is 23.6 Å². The molecule has 0 radical (unpaired) electrons. The van der Waals surface area contributed by atoms with Crippen molar-refractivity contribution in [3.05, 3.63) is 0 Å². The van der Waals surface area contributed by atoms with Crippen LogP contribution in [0.25, 0.3) is 0 Å². The smallest absolute Gasteiger partial charge is 0.217 e. The average molecular weight is 1300 g/mol. The molecule has 0 aromatic rings. The lowest BCUT2D eigenvalue weighted by Crippen LogP contribution is -2.71. The molecule has 516 valence electrons. The molecule has 6 fully saturated rings. The minimum atomic E-state index is -2.35. The van der Waals surface area contributed by atoms with Gasteiger partial charge in [-0.05, 0) is 6.92 Å². The predicted octanol–water partition coefficient (Wildman–Crippen LogP) is -15.0. The maximum absolute atomic E-state index is 12.8. The fourth-order valence-corrected chi connectivity index (χ4v) is 11.0. The van der Waals surface area contributed by atoms with Crippen LogP contribution in [0.5, 0.6) is 0 Å². The minimum Gasteiger partial charge on any atom is -0.394 e. The number of rotatable bonds is 26. The van der Waals surface area contributed by atoms with Crippen LogP contribution in [0.4, 0.5) is 0 Å². The Bertz CT molecular complexity index is 2240. The number of carbonyl (C=O) groups is 4. The third kappa shape index (κ3) is 17.5. The summed E-state index contributed by atoms with van der Waals surface area (Å²) in [4.78, 5) is 49.8. The van der Waals surface area contributed by atoms with Crippen LogP contribution in [-0.2, 0) is 76.0 Å². The van der Waals surface area contributed by atoms with Crippen LogP contribution in [0.2, 0.25) is 0 Å². The topological polar surface area (TPSA) is 612 Å². The van der Waals surface area contributed by atoms with Gasteiger partial charge in [-0.1, -0.05) is 0 Å². The van der Waals surface area contributed by atoms with Gasteiger partial charge < -0.3 is 175 Å². The molecule has 39 nitrogen and oxygen atoms in total. The second-order valence-corrected chi connectivity index (χ2v) is 22.3. The molecule has 0 aromatic carbocycles. The van der Waals surface area contributed by atoms with Gasteiger partial charge in [0.1, 0.15) is 159 Å². The van der Waals surface area contributed by atoms with Crippen molar-refractivity contribution in [2.75, 3.05) is 46.2 Å². The van der Waals surface area contributed by atoms with E-state index in [0.29, 0.717) is 0 Å². The van der Waals surface area contributed by atoms with Crippen molar-refractivity contribution in [1.29, 1.82) is 0 Å². The molecule has 0 aromatic heterocycles. The van der Waals surface area contributed by atoms with Gasteiger partial charge in [-0.2, -0.15) is 0 Å². The van der Waals surface area contributed by atoms with Crippen LogP contribution in [-0.4, -0.2) is 375 Å². The highest BCUT2D eigenvalue weighted by Gasteiger charge is 2.58. The molecular weight excluding hydrogens is 1220 g/mol. The Balaban J connectivity index is 1.26. The summed E-state index contributed by atoms with van der Waals surface area (Å²) in [5.41, 5.74) is 0. The summed E-state index contributed by atoms with van der Waals surface area (Å²) in [5, 5.41) is 217. The Morgan fingerprint density at radius 1 is 0.404 bits per heavy atom. The third-order valence-electron chi connectivity index (χ3n) is 15.8. The summed E-state index contributed by atoms with van der Waals surface area (Å²) in [6.45, 7) is -1.86. The Kier molecular flexibility index (Phi) is 27.8. The van der Waals surface area contributed by atoms with E-state index in [-0.39, 0.29) is 0 Å². The molecule has 23 N–H and O–H groups in total. The van der Waals surface area contributed by atoms with E-state index >= 15 is 0 Å². The van der Waals surface area contributed by atoms with Crippen molar-refractivity contribution in [3.8, 4) is 0 Å². The third-order valence-corrected chi connectivity index (χ3v) is 15.8. The molecule has 6 rings (SSSR count). The maximum Gasteiger partial charge on any atom is 0.217 e. The number of nitrogens with one attached hydrogen (secondary N) is 4. The van der Waals surface area contributed by atoms with E-state index in [1.54, 1.807) is 0 Å². The normalized spacial score (nSPS) is 44.3. The van der Waals surface area contributed by atoms with Crippen LogP contribution < -0.4 is 21.3 Å². The number of carbonyl (C=O) groups excluding carboxylic acids is 4. The first-order chi connectivity index (χ1) is 42.0. The number of ether oxygens (including phenoxy) is 12. The highest BCUT2D eigenvalue weighted by Crippen LogP contribution is 2.37. The Labute approximate surface area is 506 Å². The van der Waals surface area contributed by atoms with Gasteiger partial charge in [0.05, 0.1) is 58.4 Å². The van der Waals surface area contributed by atoms with E-state index in [1.807, 2.05) is 0 Å². The van der Waals surface area contributed by atoms with Crippen molar-refractivity contribution < 1.29 is 173 Å². The number of hydrogen-bond donors (Lipinski definition) is 23. The number of amides is 4. The quantitative estimate of drug-likeness (QED) is 0.0382. The molecule has 4 amide bonds. The SMILES string of the molecule is CC(=O)N[C@H]1[C@H](O[C@@H]([C@H](O)[C@H](CO)NC(C)=O)[C@H](O)CO[C@@H]2O[C@@H](C)[C@@H](O)[C@@H](O)[C@@H]2O)O[C@H](CO)[C@@H](O[C@@H]2O[C@H](CO)[C@@H](O)[C@H](O[C@H]3O[C@H](CO)[C@@H](O)[C@H](O)[C@@H]3O[C@@H]3O[C@H](CO)[C@@H](O[C@@H]4O[C@H](CO)[C@H](O)[C@H](O)[C@H]4NC(C)=O)[C@H](O)[C@H]3NC(C)=O)[C@@H]2O)[C@@H]1O. The Morgan fingerprint density at radius 2 is 0.820 bits per heavy atom. The number of hydrogen-bond acceptors (Lipinski definition) is 35. The highest BCUT2D eigenvalue weighted by atomic mass is 16.8. The van der Waals surface area contributed by atoms with Gasteiger partial charge >= 0.3 is 0 Å². The van der Waals surface area contributed by atoms with Crippen molar-refractivity contribution in [2.24, 2.45) is 0 Å². The molecule has 6 aliphatic rings. The van der Waals surface area contributed by atoms with E-state index in [2.05, 4.69) is 21.3 Å². The van der Waals surface area contributed by atoms with Crippen molar-refractivity contribution in [2.45, 2.75) is 243 Å². The minimum absolute atomic E-state index is 0.759. The molecule has 0 saturated carbocycles. The van der Waals surface area contributed by atoms with E-state index in [0.717, 1.165) is 27.7 Å². The first kappa shape index (κ1) is 74.7. The molecule has 0 spiro atoms. The molecule has 34 atom stereocenters. The summed E-state index contributed by atoms with van der Waals surface area (Å²) in [6, 6.07) is -6.95. The van der Waals surface area contributed by atoms with Crippen molar-refractivity contribution in [1.82, 2.24) is 21.3 Å². The molecule has 6 saturated heterocycles. The number of aliphatic hydroxyl groups is 19. The summed E-state index contributed by atoms with van der Waals surface area (Å²) in [6.07, 6.45) is -58.3. The van der Waals surface area contributed by atoms with Gasteiger partial charge in [-0.3, -0.25) is 19.2 Å². The molecule has 39 heteroatoms. The lowest BCUT2D eigenvalue weighted by atomic mass is 9.94. The van der Waals surface area contributed by atoms with Gasteiger partial charge in [-0.15, -0.1) is 0 Å². The standard InChI is InChI=1S/C50H86N4O35/c1-13-28(66)36(74)38(76)48(79-13)78-12-19(65)40(29(67)18(6-55)51-14(2)61)85-46-26(53-16(4)63)35(73)42(24(11-60)83-46)87-49-39(77)43(32(70)22(9-58)81-49)88-50-44(37(75)31(69)21(8-57)82-50)89-47-27(54-17(5)64)34(72)41(23(10-59)84-47)86-45-25(52-15(3)62)33(71)30(68)20(7-56)80-45/h13,18-50,55-60,65-77H,6-12H2,1-5H3,(H,51,61)(H,52,62)(H,53,63)(H,54,64)/t13-,18-,19+,20+,21+,22+,23+,24+,25+,26+,27+,28+,29+,30-,31+,32+,33+,34+,35+,36+,37-,38-,39-,40+,41+,42+,43-,44-,45-,46-,47-,48+,49-,50+/m0/s1. The molecular formula is C50H86N4O35. The molecule has 0 bridgehead atoms. The van der Waals surface area contributed by atoms with Gasteiger partial charge in [0.2, 0.25) is 23.6 Å². The fourth-order valence-electron chi connectivity index (χ4n) is 11.0. The van der Waals surface area contributed by atoms with Crippen LogP contribution >= 0.6 is 0 Å².